The maximum Gasteiger partial charge on any atom is 0.222 e. The van der Waals surface area contributed by atoms with E-state index in [2.05, 4.69) is 81.5 Å². The van der Waals surface area contributed by atoms with Gasteiger partial charge in [0.25, 0.3) is 0 Å². The van der Waals surface area contributed by atoms with Gasteiger partial charge in [-0.05, 0) is 112 Å². The van der Waals surface area contributed by atoms with E-state index in [1.165, 1.54) is 26.2 Å². The number of amides is 2. The molecule has 0 aromatic heterocycles. The van der Waals surface area contributed by atoms with Crippen molar-refractivity contribution >= 4 is 73.2 Å². The Morgan fingerprint density at radius 2 is 0.891 bits per heavy atom. The smallest absolute Gasteiger partial charge is 0.222 e. The summed E-state index contributed by atoms with van der Waals surface area (Å²) in [6.45, 7) is 15.8. The van der Waals surface area contributed by atoms with Crippen molar-refractivity contribution in [2.45, 2.75) is 150 Å². The highest BCUT2D eigenvalue weighted by atomic mass is 32.4. The van der Waals surface area contributed by atoms with Crippen molar-refractivity contribution in [1.82, 2.24) is 31.9 Å². The van der Waals surface area contributed by atoms with E-state index < -0.39 is 14.6 Å². The number of unbranched alkanes of at least 4 members (excludes halogenated alkanes) is 6. The van der Waals surface area contributed by atoms with Crippen LogP contribution in [0, 0.1) is 11.8 Å². The number of halogens is 1. The Balaban J connectivity index is -0.000000395. The van der Waals surface area contributed by atoms with Gasteiger partial charge in [-0.3, -0.25) is 23.6 Å². The molecule has 8 atom stereocenters. The number of hydrogen-bond acceptors (Lipinski definition) is 8. The first-order chi connectivity index (χ1) is 26.2. The second-order valence-electron chi connectivity index (χ2n) is 13.6. The number of likely N-dealkylation sites (N-methyl/N-ethyl adjacent to an activating group) is 2. The van der Waals surface area contributed by atoms with Crippen molar-refractivity contribution < 1.29 is 23.6 Å². The lowest BCUT2D eigenvalue weighted by Crippen LogP contribution is -2.35. The Labute approximate surface area is 349 Å². The number of carbonyl (C=O) groups is 4. The summed E-state index contributed by atoms with van der Waals surface area (Å²) in [5, 5.41) is 18.6. The zero-order chi connectivity index (χ0) is 42.9. The molecule has 6 N–H and O–H groups in total. The molecular weight excluding hydrogens is 809 g/mol. The molecule has 330 valence electrons. The summed E-state index contributed by atoms with van der Waals surface area (Å²) in [7, 11) is 14.7. The molecule has 0 bridgehead atoms. The highest BCUT2D eigenvalue weighted by Crippen LogP contribution is 2.54. The minimum Gasteiger partial charge on any atom is -0.356 e. The monoisotopic (exact) mass is 897 g/mol. The minimum absolute atomic E-state index is 0.0575. The van der Waals surface area contributed by atoms with Crippen LogP contribution in [0.15, 0.2) is 0 Å². The van der Waals surface area contributed by atoms with E-state index in [4.69, 9.17) is 0 Å². The van der Waals surface area contributed by atoms with Gasteiger partial charge in [-0.1, -0.05) is 102 Å². The van der Waals surface area contributed by atoms with Crippen molar-refractivity contribution in [2.75, 3.05) is 60.5 Å². The Morgan fingerprint density at radius 1 is 0.545 bits per heavy atom. The third-order valence-corrected chi connectivity index (χ3v) is 13.3. The molecule has 0 saturated heterocycles. The van der Waals surface area contributed by atoms with Gasteiger partial charge >= 0.3 is 0 Å². The first-order valence-electron chi connectivity index (χ1n) is 20.7. The molecule has 0 heterocycles. The summed E-state index contributed by atoms with van der Waals surface area (Å²) in [6, 6.07) is -0.129. The molecule has 0 aliphatic carbocycles. The van der Waals surface area contributed by atoms with Crippen molar-refractivity contribution in [1.29, 1.82) is 0 Å². The lowest BCUT2D eigenvalue weighted by molar-refractivity contribution is -0.125. The first kappa shape index (κ1) is 62.3. The number of rotatable bonds is 31. The molecule has 0 rings (SSSR count). The topological polar surface area (TPSA) is 140 Å². The quantitative estimate of drug-likeness (QED) is 0.0301. The van der Waals surface area contributed by atoms with Crippen LogP contribution in [-0.2, 0) is 19.2 Å². The van der Waals surface area contributed by atoms with Crippen LogP contribution in [0.3, 0.4) is 0 Å². The molecule has 0 spiro atoms. The van der Waals surface area contributed by atoms with E-state index >= 15 is 0 Å². The van der Waals surface area contributed by atoms with Crippen LogP contribution in [0.1, 0.15) is 138 Å². The van der Waals surface area contributed by atoms with E-state index in [9.17, 15) is 23.6 Å². The number of alkyl halides is 1. The maximum atomic E-state index is 12.1. The summed E-state index contributed by atoms with van der Waals surface area (Å²) in [5.41, 5.74) is 0.540. The lowest BCUT2D eigenvalue weighted by Gasteiger charge is -2.18. The second-order valence-corrected chi connectivity index (χ2v) is 26.4. The van der Waals surface area contributed by atoms with Crippen LogP contribution in [0.2, 0.25) is 0 Å². The third-order valence-electron chi connectivity index (χ3n) is 8.57. The van der Waals surface area contributed by atoms with Gasteiger partial charge in [0, 0.05) is 39.5 Å². The van der Waals surface area contributed by atoms with Crippen molar-refractivity contribution in [3.8, 4) is 0 Å². The Hall–Kier alpha value is 0.630. The molecule has 0 aromatic rings. The van der Waals surface area contributed by atoms with E-state index in [0.29, 0.717) is 13.1 Å². The summed E-state index contributed by atoms with van der Waals surface area (Å²) in [4.78, 5) is 48.0. The fourth-order valence-electron chi connectivity index (χ4n) is 5.15. The minimum atomic E-state index is -0.707. The predicted octanol–water partition coefficient (Wildman–Crippen LogP) is 8.51. The molecule has 55 heavy (non-hydrogen) atoms. The van der Waals surface area contributed by atoms with E-state index in [-0.39, 0.29) is 53.5 Å². The van der Waals surface area contributed by atoms with Crippen LogP contribution in [0.25, 0.3) is 0 Å². The van der Waals surface area contributed by atoms with Gasteiger partial charge in [0.2, 0.25) is 11.8 Å². The Bertz CT molecular complexity index is 901. The molecule has 10 nitrogen and oxygen atoms in total. The number of hydrogen-bond donors (Lipinski definition) is 6. The van der Waals surface area contributed by atoms with Crippen molar-refractivity contribution in [3.05, 3.63) is 0 Å². The highest BCUT2D eigenvalue weighted by molar-refractivity contribution is 8.50. The zero-order valence-electron chi connectivity index (χ0n) is 36.4. The summed E-state index contributed by atoms with van der Waals surface area (Å²) < 4.78 is 10.3. The standard InChI is InChI=1S/C16H36N3O2P3.C15H34N3O2P3.C5H12.C2H5F/c1-4-18-14(16(21)24(22)23)10-6-8-12-19-15(20)13(2)9-5-7-11-17-3;1-12(8-4-6-10-16-2)14(19)18-11-7-5-9-13(17-3)15(20)23(21)22;1-3-5-4-2;1-2-3/h13-14,17-18H,4-12,22-23H2,1-3H3,(H,19,20);12-13,16-17H,4-11,21-22H2,1-3H3,(H,18,19);3-5H2,1-2H3;2H2,1H3. The average Bonchev–Trinajstić information content (AvgIpc) is 3.16. The van der Waals surface area contributed by atoms with Crippen molar-refractivity contribution in [2.24, 2.45) is 11.8 Å². The molecule has 2 amide bonds. The Kier molecular flexibility index (Phi) is 53.6. The Morgan fingerprint density at radius 3 is 1.20 bits per heavy atom. The summed E-state index contributed by atoms with van der Waals surface area (Å²) in [5.74, 6) is 0.457. The maximum absolute atomic E-state index is 12.1. The van der Waals surface area contributed by atoms with E-state index in [0.717, 1.165) is 96.7 Å². The number of nitrogens with one attached hydrogen (secondary N) is 6. The van der Waals surface area contributed by atoms with Gasteiger partial charge < -0.3 is 31.9 Å². The van der Waals surface area contributed by atoms with Gasteiger partial charge in [-0.25, -0.2) is 0 Å². The van der Waals surface area contributed by atoms with Gasteiger partial charge in [0.1, 0.15) is 0 Å². The summed E-state index contributed by atoms with van der Waals surface area (Å²) in [6.07, 6.45) is 15.7. The molecule has 8 unspecified atom stereocenters. The SMILES string of the molecule is CCCCC.CCF.CCNC(CCCCNC(=O)C(C)CCCCNC)C(=O)P(P)P.CNCCCCC(C)C(=O)NCCCCC(NC)C(=O)P(P)P. The van der Waals surface area contributed by atoms with Crippen molar-refractivity contribution in [3.63, 3.8) is 0 Å². The molecule has 0 aliphatic heterocycles. The molecular formula is C38H87FN6O4P6. The lowest BCUT2D eigenvalue weighted by atomic mass is 10.0. The van der Waals surface area contributed by atoms with Gasteiger partial charge in [0.15, 0.2) is 11.0 Å². The molecule has 0 aliphatic rings. The zero-order valence-corrected chi connectivity index (χ0v) is 42.8. The average molecular weight is 897 g/mol. The van der Waals surface area contributed by atoms with Crippen LogP contribution in [0.5, 0.6) is 0 Å². The fourth-order valence-corrected chi connectivity index (χ4v) is 8.51. The normalized spacial score (nSPS) is 12.9. The molecule has 0 radical (unpaired) electrons. The second kappa shape index (κ2) is 47.3. The first-order valence-corrected chi connectivity index (χ1v) is 29.8. The van der Waals surface area contributed by atoms with Crippen LogP contribution in [-0.4, -0.2) is 95.5 Å². The van der Waals surface area contributed by atoms with Crippen LogP contribution < -0.4 is 31.9 Å². The van der Waals surface area contributed by atoms with E-state index in [1.54, 1.807) is 0 Å². The highest BCUT2D eigenvalue weighted by Gasteiger charge is 2.21. The summed E-state index contributed by atoms with van der Waals surface area (Å²) >= 11 is 0. The van der Waals surface area contributed by atoms with Gasteiger partial charge in [-0.2, -0.15) is 0 Å². The molecule has 0 saturated carbocycles. The predicted molar refractivity (Wildman–Crippen MR) is 257 cm³/mol. The molecule has 0 aromatic carbocycles. The third kappa shape index (κ3) is 42.6. The van der Waals surface area contributed by atoms with E-state index in [1.807, 2.05) is 41.9 Å². The van der Waals surface area contributed by atoms with Crippen LogP contribution in [0.4, 0.5) is 4.39 Å². The fraction of sp³-hybridized carbons (Fsp3) is 0.895. The van der Waals surface area contributed by atoms with Gasteiger partial charge in [0.05, 0.1) is 18.8 Å². The number of carbonyl (C=O) groups excluding carboxylic acids is 4. The van der Waals surface area contributed by atoms with Gasteiger partial charge in [-0.15, -0.1) is 0 Å². The molecule has 0 fully saturated rings. The van der Waals surface area contributed by atoms with Crippen LogP contribution >= 0.6 is 50.3 Å². The largest absolute Gasteiger partial charge is 0.356 e. The molecule has 17 heteroatoms.